The fraction of sp³-hybridized carbons (Fsp3) is 0.318. The molecule has 0 N–H and O–H groups in total. The number of hydrogen-bond acceptors (Lipinski definition) is 6. The van der Waals surface area contributed by atoms with E-state index >= 15 is 0 Å². The van der Waals surface area contributed by atoms with E-state index in [1.54, 1.807) is 4.90 Å². The summed E-state index contributed by atoms with van der Waals surface area (Å²) in [5.74, 6) is -0.719. The number of aromatic nitrogens is 6. The fourth-order valence-corrected chi connectivity index (χ4v) is 4.12. The summed E-state index contributed by atoms with van der Waals surface area (Å²) in [5.41, 5.74) is 0.404. The second kappa shape index (κ2) is 8.76. The second-order valence-corrected chi connectivity index (χ2v) is 8.01. The molecule has 1 saturated heterocycles. The van der Waals surface area contributed by atoms with Crippen molar-refractivity contribution < 1.29 is 22.7 Å². The van der Waals surface area contributed by atoms with Crippen LogP contribution in [0.5, 0.6) is 5.88 Å². The number of nitrogens with zero attached hydrogens (tertiary/aromatic N) is 7. The van der Waals surface area contributed by atoms with E-state index in [0.717, 1.165) is 6.20 Å². The first-order valence-electron chi connectivity index (χ1n) is 10.7. The van der Waals surface area contributed by atoms with E-state index in [-0.39, 0.29) is 47.0 Å². The predicted molar refractivity (Wildman–Crippen MR) is 113 cm³/mol. The van der Waals surface area contributed by atoms with Gasteiger partial charge < -0.3 is 9.64 Å². The van der Waals surface area contributed by atoms with Crippen LogP contribution in [-0.2, 0) is 0 Å². The summed E-state index contributed by atoms with van der Waals surface area (Å²) in [5, 5.41) is 8.04. The third-order valence-corrected chi connectivity index (χ3v) is 5.85. The van der Waals surface area contributed by atoms with Gasteiger partial charge in [-0.05, 0) is 31.9 Å². The topological polar surface area (TPSA) is 90.4 Å². The van der Waals surface area contributed by atoms with Gasteiger partial charge in [-0.3, -0.25) is 9.20 Å². The number of carbonyl (C=O) groups excluding carboxylic acids is 1. The molecular formula is C22H20F3N7O2. The molecule has 4 aromatic rings. The van der Waals surface area contributed by atoms with Gasteiger partial charge >= 0.3 is 0 Å². The summed E-state index contributed by atoms with van der Waals surface area (Å²) in [6.07, 6.45) is 4.89. The molecule has 4 heterocycles. The number of halogens is 3. The van der Waals surface area contributed by atoms with Gasteiger partial charge in [-0.2, -0.15) is 15.0 Å². The van der Waals surface area contributed by atoms with Gasteiger partial charge in [0.2, 0.25) is 5.65 Å². The molecular weight excluding hydrogens is 451 g/mol. The second-order valence-electron chi connectivity index (χ2n) is 8.01. The number of benzene rings is 1. The SMILES string of the molecule is C[C@@H]1CC[C@@H](Oc2nccn3c(C(F)F)cnc23)CN1C(=O)c1ccc(F)cc1-n1nccn1. The van der Waals surface area contributed by atoms with E-state index < -0.39 is 18.3 Å². The van der Waals surface area contributed by atoms with Crippen LogP contribution < -0.4 is 4.74 Å². The largest absolute Gasteiger partial charge is 0.470 e. The Morgan fingerprint density at radius 3 is 2.71 bits per heavy atom. The number of imidazole rings is 1. The number of hydrogen-bond donors (Lipinski definition) is 0. The number of piperidine rings is 1. The highest BCUT2D eigenvalue weighted by atomic mass is 19.3. The Morgan fingerprint density at radius 2 is 1.94 bits per heavy atom. The summed E-state index contributed by atoms with van der Waals surface area (Å²) in [4.78, 5) is 24.5. The van der Waals surface area contributed by atoms with Crippen LogP contribution in [0.1, 0.15) is 42.2 Å². The van der Waals surface area contributed by atoms with E-state index in [9.17, 15) is 18.0 Å². The molecule has 34 heavy (non-hydrogen) atoms. The molecule has 1 aliphatic heterocycles. The molecule has 5 rings (SSSR count). The Labute approximate surface area is 191 Å². The van der Waals surface area contributed by atoms with Gasteiger partial charge in [-0.1, -0.05) is 0 Å². The minimum absolute atomic E-state index is 0.101. The maximum atomic E-state index is 13.9. The molecule has 0 saturated carbocycles. The van der Waals surface area contributed by atoms with Crippen LogP contribution >= 0.6 is 0 Å². The molecule has 1 aliphatic rings. The van der Waals surface area contributed by atoms with Crippen LogP contribution in [0.2, 0.25) is 0 Å². The Hall–Kier alpha value is -3.96. The summed E-state index contributed by atoms with van der Waals surface area (Å²) in [6.45, 7) is 2.15. The van der Waals surface area contributed by atoms with Crippen molar-refractivity contribution in [3.63, 3.8) is 0 Å². The first-order valence-corrected chi connectivity index (χ1v) is 10.7. The maximum Gasteiger partial charge on any atom is 0.280 e. The Kier molecular flexibility index (Phi) is 5.64. The van der Waals surface area contributed by atoms with Crippen molar-refractivity contribution in [2.24, 2.45) is 0 Å². The minimum atomic E-state index is -2.69. The fourth-order valence-electron chi connectivity index (χ4n) is 4.12. The lowest BCUT2D eigenvalue weighted by atomic mass is 9.99. The van der Waals surface area contributed by atoms with E-state index in [4.69, 9.17) is 4.74 Å². The van der Waals surface area contributed by atoms with Crippen LogP contribution in [0.15, 0.2) is 49.2 Å². The molecule has 0 radical (unpaired) electrons. The highest BCUT2D eigenvalue weighted by Gasteiger charge is 2.33. The number of ether oxygens (including phenoxy) is 1. The lowest BCUT2D eigenvalue weighted by molar-refractivity contribution is 0.0375. The molecule has 3 aromatic heterocycles. The third kappa shape index (κ3) is 3.95. The van der Waals surface area contributed by atoms with Crippen molar-refractivity contribution in [3.8, 4) is 11.6 Å². The van der Waals surface area contributed by atoms with Crippen LogP contribution in [0.25, 0.3) is 11.3 Å². The molecule has 0 aliphatic carbocycles. The van der Waals surface area contributed by atoms with Crippen molar-refractivity contribution in [1.29, 1.82) is 0 Å². The van der Waals surface area contributed by atoms with Crippen LogP contribution in [0.3, 0.4) is 0 Å². The monoisotopic (exact) mass is 471 g/mol. The van der Waals surface area contributed by atoms with Crippen LogP contribution in [0.4, 0.5) is 13.2 Å². The van der Waals surface area contributed by atoms with Gasteiger partial charge in [-0.25, -0.2) is 23.1 Å². The molecule has 1 fully saturated rings. The summed E-state index contributed by atoms with van der Waals surface area (Å²) >= 11 is 0. The van der Waals surface area contributed by atoms with Crippen molar-refractivity contribution in [1.82, 2.24) is 34.3 Å². The molecule has 12 heteroatoms. The zero-order valence-electron chi connectivity index (χ0n) is 18.1. The molecule has 0 bridgehead atoms. The maximum absolute atomic E-state index is 13.9. The number of carbonyl (C=O) groups is 1. The smallest absolute Gasteiger partial charge is 0.280 e. The Bertz CT molecular complexity index is 1330. The van der Waals surface area contributed by atoms with E-state index in [1.165, 1.54) is 52.2 Å². The average molecular weight is 471 g/mol. The molecule has 2 atom stereocenters. The lowest BCUT2D eigenvalue weighted by Crippen LogP contribution is -2.49. The molecule has 9 nitrogen and oxygen atoms in total. The number of amides is 1. The molecule has 0 spiro atoms. The summed E-state index contributed by atoms with van der Waals surface area (Å²) in [6, 6.07) is 3.73. The predicted octanol–water partition coefficient (Wildman–Crippen LogP) is 3.46. The standard InChI is InChI=1S/C22H20F3N7O2/c1-13-2-4-15(34-21-20-27-11-18(19(24)25)30(20)9-8-26-21)12-31(13)22(33)16-5-3-14(23)10-17(16)32-28-6-7-29-32/h3,5-11,13,15,19H,2,4,12H2,1H3/t13-,15-/m1/s1. The number of alkyl halides is 2. The van der Waals surface area contributed by atoms with Gasteiger partial charge in [0.05, 0.1) is 30.7 Å². The van der Waals surface area contributed by atoms with Crippen molar-refractivity contribution >= 4 is 11.6 Å². The normalized spacial score (nSPS) is 18.6. The van der Waals surface area contributed by atoms with Crippen molar-refractivity contribution in [3.05, 3.63) is 66.3 Å². The molecule has 0 unspecified atom stereocenters. The van der Waals surface area contributed by atoms with Gasteiger partial charge in [0.25, 0.3) is 18.2 Å². The first-order chi connectivity index (χ1) is 16.4. The lowest BCUT2D eigenvalue weighted by Gasteiger charge is -2.38. The Morgan fingerprint density at radius 1 is 1.15 bits per heavy atom. The van der Waals surface area contributed by atoms with Crippen LogP contribution in [0, 0.1) is 5.82 Å². The summed E-state index contributed by atoms with van der Waals surface area (Å²) < 4.78 is 47.6. The van der Waals surface area contributed by atoms with Crippen LogP contribution in [-0.4, -0.2) is 58.9 Å². The third-order valence-electron chi connectivity index (χ3n) is 5.85. The van der Waals surface area contributed by atoms with E-state index in [0.29, 0.717) is 12.8 Å². The average Bonchev–Trinajstić information content (AvgIpc) is 3.51. The molecule has 1 amide bonds. The highest BCUT2D eigenvalue weighted by molar-refractivity contribution is 5.98. The summed E-state index contributed by atoms with van der Waals surface area (Å²) in [7, 11) is 0. The number of likely N-dealkylation sites (tertiary alicyclic amines) is 1. The number of rotatable bonds is 5. The first kappa shape index (κ1) is 21.9. The van der Waals surface area contributed by atoms with Gasteiger partial charge in [0, 0.05) is 24.5 Å². The van der Waals surface area contributed by atoms with Gasteiger partial charge in [0.15, 0.2) is 0 Å². The number of fused-ring (bicyclic) bond motifs is 1. The van der Waals surface area contributed by atoms with Gasteiger partial charge in [-0.15, -0.1) is 0 Å². The van der Waals surface area contributed by atoms with Crippen molar-refractivity contribution in [2.75, 3.05) is 6.54 Å². The molecule has 176 valence electrons. The highest BCUT2D eigenvalue weighted by Crippen LogP contribution is 2.28. The Balaban J connectivity index is 1.40. The van der Waals surface area contributed by atoms with Gasteiger partial charge in [0.1, 0.15) is 23.3 Å². The van der Waals surface area contributed by atoms with E-state index in [1.807, 2.05) is 6.92 Å². The zero-order valence-corrected chi connectivity index (χ0v) is 18.1. The molecule has 1 aromatic carbocycles. The zero-order chi connectivity index (χ0) is 23.8. The quantitative estimate of drug-likeness (QED) is 0.443. The van der Waals surface area contributed by atoms with Crippen molar-refractivity contribution in [2.45, 2.75) is 38.3 Å². The van der Waals surface area contributed by atoms with E-state index in [2.05, 4.69) is 20.2 Å². The minimum Gasteiger partial charge on any atom is -0.470 e.